The normalized spacial score (nSPS) is 22.5. The lowest BCUT2D eigenvalue weighted by molar-refractivity contribution is -0.148. The van der Waals surface area contributed by atoms with Gasteiger partial charge in [0.25, 0.3) is 0 Å². The zero-order valence-corrected chi connectivity index (χ0v) is 13.2. The summed E-state index contributed by atoms with van der Waals surface area (Å²) in [5.74, 6) is -2.85. The number of aliphatic carboxylic acids is 2. The molecule has 126 valence electrons. The third-order valence-electron chi connectivity index (χ3n) is 3.85. The smallest absolute Gasteiger partial charge is 0.322 e. The van der Waals surface area contributed by atoms with E-state index in [9.17, 15) is 23.1 Å². The Bertz CT molecular complexity index is 698. The van der Waals surface area contributed by atoms with Crippen LogP contribution in [0.3, 0.4) is 0 Å². The predicted molar refractivity (Wildman–Crippen MR) is 78.7 cm³/mol. The minimum atomic E-state index is -4.03. The highest BCUT2D eigenvalue weighted by molar-refractivity contribution is 7.89. The molecule has 2 N–H and O–H groups in total. The first-order valence-corrected chi connectivity index (χ1v) is 8.33. The molecule has 1 aliphatic rings. The molecule has 0 aromatic heterocycles. The molecule has 1 aliphatic heterocycles. The molecular formula is C14H17NO7S. The lowest BCUT2D eigenvalue weighted by Crippen LogP contribution is -2.51. The zero-order chi connectivity index (χ0) is 17.2. The van der Waals surface area contributed by atoms with Gasteiger partial charge in [0.2, 0.25) is 10.0 Å². The number of carbonyl (C=O) groups is 2. The van der Waals surface area contributed by atoms with Crippen LogP contribution in [0.5, 0.6) is 5.75 Å². The van der Waals surface area contributed by atoms with Gasteiger partial charge in [-0.05, 0) is 37.1 Å². The van der Waals surface area contributed by atoms with Crippen LogP contribution in [0.15, 0.2) is 29.2 Å². The average molecular weight is 343 g/mol. The molecule has 0 saturated carbocycles. The molecule has 1 aromatic carbocycles. The van der Waals surface area contributed by atoms with Crippen molar-refractivity contribution < 1.29 is 33.0 Å². The maximum Gasteiger partial charge on any atom is 0.322 e. The number of rotatable bonds is 5. The Morgan fingerprint density at radius 3 is 2.26 bits per heavy atom. The fraction of sp³-hybridized carbons (Fsp3) is 0.429. The quantitative estimate of drug-likeness (QED) is 0.804. The molecular weight excluding hydrogens is 326 g/mol. The summed E-state index contributed by atoms with van der Waals surface area (Å²) in [6.45, 7) is -0.151. The number of nitrogens with zero attached hydrogens (tertiary/aromatic N) is 1. The second-order valence-corrected chi connectivity index (χ2v) is 7.10. The summed E-state index contributed by atoms with van der Waals surface area (Å²) in [6, 6.07) is 4.20. The molecule has 23 heavy (non-hydrogen) atoms. The van der Waals surface area contributed by atoms with Gasteiger partial charge in [0, 0.05) is 6.54 Å². The number of hydrogen-bond acceptors (Lipinski definition) is 5. The SMILES string of the molecule is COc1ccc(S(=O)(=O)N2CCC(C(=O)O)CC2C(=O)O)cc1. The van der Waals surface area contributed by atoms with Crippen molar-refractivity contribution in [3.8, 4) is 5.75 Å². The monoisotopic (exact) mass is 343 g/mol. The van der Waals surface area contributed by atoms with Crippen LogP contribution in [0.4, 0.5) is 0 Å². The number of carboxylic acid groups (broad SMARTS) is 2. The van der Waals surface area contributed by atoms with Gasteiger partial charge in [-0.3, -0.25) is 9.59 Å². The van der Waals surface area contributed by atoms with Crippen LogP contribution in [0, 0.1) is 5.92 Å². The molecule has 0 spiro atoms. The highest BCUT2D eigenvalue weighted by Crippen LogP contribution is 2.29. The van der Waals surface area contributed by atoms with E-state index in [0.717, 1.165) is 4.31 Å². The molecule has 0 amide bonds. The van der Waals surface area contributed by atoms with Gasteiger partial charge in [0.1, 0.15) is 11.8 Å². The Hall–Kier alpha value is -2.13. The fourth-order valence-corrected chi connectivity index (χ4v) is 4.17. The first-order chi connectivity index (χ1) is 10.8. The van der Waals surface area contributed by atoms with Crippen LogP contribution in [-0.2, 0) is 19.6 Å². The number of carboxylic acids is 2. The summed E-state index contributed by atoms with van der Waals surface area (Å²) in [6.07, 6.45) is -0.172. The lowest BCUT2D eigenvalue weighted by atomic mass is 9.93. The van der Waals surface area contributed by atoms with Crippen molar-refractivity contribution in [3.05, 3.63) is 24.3 Å². The summed E-state index contributed by atoms with van der Waals surface area (Å²) >= 11 is 0. The van der Waals surface area contributed by atoms with Gasteiger partial charge >= 0.3 is 11.9 Å². The number of methoxy groups -OCH3 is 1. The number of hydrogen-bond donors (Lipinski definition) is 2. The summed E-state index contributed by atoms with van der Waals surface area (Å²) in [4.78, 5) is 22.4. The van der Waals surface area contributed by atoms with Crippen molar-refractivity contribution in [2.75, 3.05) is 13.7 Å². The van der Waals surface area contributed by atoms with E-state index in [2.05, 4.69) is 0 Å². The molecule has 1 fully saturated rings. The maximum absolute atomic E-state index is 12.7. The minimum absolute atomic E-state index is 0.0571. The Kier molecular flexibility index (Phi) is 4.90. The molecule has 2 unspecified atom stereocenters. The molecule has 2 atom stereocenters. The highest BCUT2D eigenvalue weighted by atomic mass is 32.2. The maximum atomic E-state index is 12.7. The van der Waals surface area contributed by atoms with E-state index in [-0.39, 0.29) is 24.3 Å². The van der Waals surface area contributed by atoms with Crippen LogP contribution in [-0.4, -0.2) is 54.6 Å². The highest BCUT2D eigenvalue weighted by Gasteiger charge is 2.42. The second-order valence-electron chi connectivity index (χ2n) is 5.20. The van der Waals surface area contributed by atoms with Crippen LogP contribution in [0.2, 0.25) is 0 Å². The third kappa shape index (κ3) is 3.45. The molecule has 1 aromatic rings. The zero-order valence-electron chi connectivity index (χ0n) is 12.4. The van der Waals surface area contributed by atoms with Crippen molar-refractivity contribution >= 4 is 22.0 Å². The van der Waals surface area contributed by atoms with Gasteiger partial charge in [-0.2, -0.15) is 4.31 Å². The number of sulfonamides is 1. The first kappa shape index (κ1) is 17.2. The van der Waals surface area contributed by atoms with Crippen molar-refractivity contribution in [1.29, 1.82) is 0 Å². The van der Waals surface area contributed by atoms with Gasteiger partial charge in [-0.1, -0.05) is 0 Å². The second kappa shape index (κ2) is 6.55. The Labute approximate surface area is 133 Å². The topological polar surface area (TPSA) is 121 Å². The van der Waals surface area contributed by atoms with E-state index in [1.165, 1.54) is 31.4 Å². The van der Waals surface area contributed by atoms with Crippen LogP contribution < -0.4 is 4.74 Å². The van der Waals surface area contributed by atoms with Gasteiger partial charge < -0.3 is 14.9 Å². The van der Waals surface area contributed by atoms with E-state index >= 15 is 0 Å². The summed E-state index contributed by atoms with van der Waals surface area (Å²) in [5, 5.41) is 18.3. The molecule has 9 heteroatoms. The molecule has 1 saturated heterocycles. The largest absolute Gasteiger partial charge is 0.497 e. The Balaban J connectivity index is 2.33. The van der Waals surface area contributed by atoms with Crippen LogP contribution >= 0.6 is 0 Å². The van der Waals surface area contributed by atoms with Gasteiger partial charge in [0.15, 0.2) is 0 Å². The van der Waals surface area contributed by atoms with E-state index < -0.39 is 33.9 Å². The van der Waals surface area contributed by atoms with Gasteiger partial charge in [-0.15, -0.1) is 0 Å². The summed E-state index contributed by atoms with van der Waals surface area (Å²) in [5.41, 5.74) is 0. The predicted octanol–water partition coefficient (Wildman–Crippen LogP) is 0.634. The molecule has 1 heterocycles. The molecule has 0 bridgehead atoms. The van der Waals surface area contributed by atoms with Crippen molar-refractivity contribution in [3.63, 3.8) is 0 Å². The molecule has 2 rings (SSSR count). The number of piperidine rings is 1. The number of benzene rings is 1. The molecule has 0 radical (unpaired) electrons. The van der Waals surface area contributed by atoms with Crippen LogP contribution in [0.25, 0.3) is 0 Å². The van der Waals surface area contributed by atoms with E-state index in [1.54, 1.807) is 0 Å². The summed E-state index contributed by atoms with van der Waals surface area (Å²) in [7, 11) is -2.58. The molecule has 8 nitrogen and oxygen atoms in total. The van der Waals surface area contributed by atoms with E-state index in [4.69, 9.17) is 9.84 Å². The van der Waals surface area contributed by atoms with Crippen molar-refractivity contribution in [2.45, 2.75) is 23.8 Å². The van der Waals surface area contributed by atoms with E-state index in [1.807, 2.05) is 0 Å². The minimum Gasteiger partial charge on any atom is -0.497 e. The standard InChI is InChI=1S/C14H17NO7S/c1-22-10-2-4-11(5-3-10)23(20,21)15-7-6-9(13(16)17)8-12(15)14(18)19/h2-5,9,12H,6-8H2,1H3,(H,16,17)(H,18,19). The fourth-order valence-electron chi connectivity index (χ4n) is 2.56. The Morgan fingerprint density at radius 1 is 1.17 bits per heavy atom. The Morgan fingerprint density at radius 2 is 1.78 bits per heavy atom. The average Bonchev–Trinajstić information content (AvgIpc) is 2.54. The van der Waals surface area contributed by atoms with Crippen LogP contribution in [0.1, 0.15) is 12.8 Å². The van der Waals surface area contributed by atoms with E-state index in [0.29, 0.717) is 5.75 Å². The third-order valence-corrected chi connectivity index (χ3v) is 5.78. The van der Waals surface area contributed by atoms with Crippen molar-refractivity contribution in [1.82, 2.24) is 4.31 Å². The summed E-state index contributed by atoms with van der Waals surface area (Å²) < 4.78 is 31.1. The van der Waals surface area contributed by atoms with Gasteiger partial charge in [0.05, 0.1) is 17.9 Å². The van der Waals surface area contributed by atoms with Crippen molar-refractivity contribution in [2.24, 2.45) is 5.92 Å². The lowest BCUT2D eigenvalue weighted by Gasteiger charge is -2.34. The molecule has 0 aliphatic carbocycles. The van der Waals surface area contributed by atoms with Gasteiger partial charge in [-0.25, -0.2) is 8.42 Å². The number of ether oxygens (including phenoxy) is 1. The first-order valence-electron chi connectivity index (χ1n) is 6.89.